The molecule has 0 amide bonds. The standard InChI is InChI=1S/C16H23F2NO/c1-4-9-19-15(16(3)8-5-10-20-16)12-7-6-11(2)13(17)14(12)18/h6-7,15,19H,4-5,8-10H2,1-3H3. The zero-order chi connectivity index (χ0) is 14.8. The molecule has 1 N–H and O–H groups in total. The van der Waals surface area contributed by atoms with E-state index < -0.39 is 17.2 Å². The molecule has 0 spiro atoms. The first-order valence-electron chi connectivity index (χ1n) is 7.31. The van der Waals surface area contributed by atoms with Gasteiger partial charge in [-0.2, -0.15) is 0 Å². The third-order valence-electron chi connectivity index (χ3n) is 4.07. The first-order chi connectivity index (χ1) is 9.49. The lowest BCUT2D eigenvalue weighted by molar-refractivity contribution is -0.0135. The molecule has 0 saturated carbocycles. The van der Waals surface area contributed by atoms with Crippen LogP contribution in [0, 0.1) is 18.6 Å². The molecule has 2 rings (SSSR count). The summed E-state index contributed by atoms with van der Waals surface area (Å²) in [4.78, 5) is 0. The first kappa shape index (κ1) is 15.4. The van der Waals surface area contributed by atoms with Crippen molar-refractivity contribution in [3.05, 3.63) is 34.9 Å². The average Bonchev–Trinajstić information content (AvgIpc) is 2.86. The van der Waals surface area contributed by atoms with Crippen molar-refractivity contribution >= 4 is 0 Å². The van der Waals surface area contributed by atoms with Crippen molar-refractivity contribution in [1.82, 2.24) is 5.32 Å². The van der Waals surface area contributed by atoms with Crippen molar-refractivity contribution in [2.75, 3.05) is 13.2 Å². The molecule has 1 aliphatic rings. The van der Waals surface area contributed by atoms with Gasteiger partial charge in [0.05, 0.1) is 11.6 Å². The molecule has 1 aromatic rings. The number of rotatable bonds is 5. The molecule has 2 unspecified atom stereocenters. The molecule has 0 aromatic heterocycles. The van der Waals surface area contributed by atoms with Crippen LogP contribution in [0.1, 0.15) is 50.3 Å². The highest BCUT2D eigenvalue weighted by molar-refractivity contribution is 5.30. The van der Waals surface area contributed by atoms with E-state index >= 15 is 0 Å². The predicted octanol–water partition coefficient (Wildman–Crippen LogP) is 3.88. The summed E-state index contributed by atoms with van der Waals surface area (Å²) in [6, 6.07) is 2.99. The van der Waals surface area contributed by atoms with E-state index in [-0.39, 0.29) is 6.04 Å². The van der Waals surface area contributed by atoms with Gasteiger partial charge >= 0.3 is 0 Å². The minimum Gasteiger partial charge on any atom is -0.373 e. The summed E-state index contributed by atoms with van der Waals surface area (Å²) in [6.45, 7) is 7.03. The van der Waals surface area contributed by atoms with Crippen molar-refractivity contribution in [3.8, 4) is 0 Å². The fourth-order valence-corrected chi connectivity index (χ4v) is 2.86. The number of hydrogen-bond donors (Lipinski definition) is 1. The Morgan fingerprint density at radius 1 is 1.35 bits per heavy atom. The van der Waals surface area contributed by atoms with Gasteiger partial charge in [-0.3, -0.25) is 0 Å². The lowest BCUT2D eigenvalue weighted by atomic mass is 9.86. The fourth-order valence-electron chi connectivity index (χ4n) is 2.86. The maximum absolute atomic E-state index is 14.3. The second-order valence-electron chi connectivity index (χ2n) is 5.75. The Morgan fingerprint density at radius 3 is 2.70 bits per heavy atom. The van der Waals surface area contributed by atoms with Gasteiger partial charge in [-0.05, 0) is 45.2 Å². The molecular weight excluding hydrogens is 260 g/mol. The second kappa shape index (κ2) is 6.19. The monoisotopic (exact) mass is 283 g/mol. The van der Waals surface area contributed by atoms with Gasteiger partial charge in [-0.1, -0.05) is 19.1 Å². The van der Waals surface area contributed by atoms with Gasteiger partial charge < -0.3 is 10.1 Å². The van der Waals surface area contributed by atoms with Gasteiger partial charge in [0, 0.05) is 12.2 Å². The molecular formula is C16H23F2NO. The van der Waals surface area contributed by atoms with Crippen molar-refractivity contribution in [3.63, 3.8) is 0 Å². The largest absolute Gasteiger partial charge is 0.373 e. The maximum Gasteiger partial charge on any atom is 0.163 e. The van der Waals surface area contributed by atoms with Crippen molar-refractivity contribution in [2.24, 2.45) is 0 Å². The lowest BCUT2D eigenvalue weighted by Gasteiger charge is -2.35. The van der Waals surface area contributed by atoms with Gasteiger partial charge in [0.2, 0.25) is 0 Å². The van der Waals surface area contributed by atoms with Crippen LogP contribution < -0.4 is 5.32 Å². The summed E-state index contributed by atoms with van der Waals surface area (Å²) in [6.07, 6.45) is 2.74. The fraction of sp³-hybridized carbons (Fsp3) is 0.625. The Hall–Kier alpha value is -1.00. The van der Waals surface area contributed by atoms with E-state index in [4.69, 9.17) is 4.74 Å². The van der Waals surface area contributed by atoms with Crippen LogP contribution in [0.5, 0.6) is 0 Å². The summed E-state index contributed by atoms with van der Waals surface area (Å²) >= 11 is 0. The molecule has 20 heavy (non-hydrogen) atoms. The Balaban J connectivity index is 2.38. The minimum absolute atomic E-state index is 0.319. The van der Waals surface area contributed by atoms with Crippen LogP contribution >= 0.6 is 0 Å². The number of ether oxygens (including phenoxy) is 1. The molecule has 1 aromatic carbocycles. The van der Waals surface area contributed by atoms with E-state index in [9.17, 15) is 8.78 Å². The highest BCUT2D eigenvalue weighted by Crippen LogP contribution is 2.38. The van der Waals surface area contributed by atoms with E-state index in [2.05, 4.69) is 5.32 Å². The molecule has 2 atom stereocenters. The molecule has 0 aliphatic carbocycles. The van der Waals surface area contributed by atoms with Crippen LogP contribution in [0.25, 0.3) is 0 Å². The van der Waals surface area contributed by atoms with Crippen molar-refractivity contribution < 1.29 is 13.5 Å². The van der Waals surface area contributed by atoms with Crippen LogP contribution in [0.4, 0.5) is 8.78 Å². The normalized spacial score (nSPS) is 24.1. The Bertz CT molecular complexity index is 470. The SMILES string of the molecule is CCCNC(c1ccc(C)c(F)c1F)C1(C)CCCO1. The third kappa shape index (κ3) is 2.86. The van der Waals surface area contributed by atoms with E-state index in [1.54, 1.807) is 19.1 Å². The predicted molar refractivity (Wildman–Crippen MR) is 75.7 cm³/mol. The number of halogens is 2. The van der Waals surface area contributed by atoms with Crippen molar-refractivity contribution in [2.45, 2.75) is 51.7 Å². The van der Waals surface area contributed by atoms with Crippen molar-refractivity contribution in [1.29, 1.82) is 0 Å². The number of benzene rings is 1. The van der Waals surface area contributed by atoms with Gasteiger partial charge in [0.15, 0.2) is 11.6 Å². The Morgan fingerprint density at radius 2 is 2.10 bits per heavy atom. The zero-order valence-corrected chi connectivity index (χ0v) is 12.4. The van der Waals surface area contributed by atoms with Gasteiger partial charge in [-0.15, -0.1) is 0 Å². The van der Waals surface area contributed by atoms with Crippen LogP contribution in [-0.2, 0) is 4.74 Å². The molecule has 1 saturated heterocycles. The quantitative estimate of drug-likeness (QED) is 0.885. The van der Waals surface area contributed by atoms with Gasteiger partial charge in [-0.25, -0.2) is 8.78 Å². The van der Waals surface area contributed by atoms with Crippen LogP contribution in [0.2, 0.25) is 0 Å². The van der Waals surface area contributed by atoms with Gasteiger partial charge in [0.1, 0.15) is 0 Å². The summed E-state index contributed by atoms with van der Waals surface area (Å²) in [5, 5.41) is 3.32. The molecule has 0 radical (unpaired) electrons. The molecule has 4 heteroatoms. The Kier molecular flexibility index (Phi) is 4.76. The van der Waals surface area contributed by atoms with E-state index in [1.807, 2.05) is 13.8 Å². The number of aryl methyl sites for hydroxylation is 1. The lowest BCUT2D eigenvalue weighted by Crippen LogP contribution is -2.42. The molecule has 1 aliphatic heterocycles. The maximum atomic E-state index is 14.3. The summed E-state index contributed by atoms with van der Waals surface area (Å²) in [5.41, 5.74) is 0.224. The van der Waals surface area contributed by atoms with Crippen LogP contribution in [0.15, 0.2) is 12.1 Å². The number of hydrogen-bond acceptors (Lipinski definition) is 2. The number of nitrogens with one attached hydrogen (secondary N) is 1. The summed E-state index contributed by atoms with van der Waals surface area (Å²) in [7, 11) is 0. The highest BCUT2D eigenvalue weighted by atomic mass is 19.2. The summed E-state index contributed by atoms with van der Waals surface area (Å²) < 4.78 is 34.0. The molecule has 1 fully saturated rings. The van der Waals surface area contributed by atoms with Crippen LogP contribution in [0.3, 0.4) is 0 Å². The van der Waals surface area contributed by atoms with Crippen LogP contribution in [-0.4, -0.2) is 18.8 Å². The smallest absolute Gasteiger partial charge is 0.163 e. The van der Waals surface area contributed by atoms with Gasteiger partial charge in [0.25, 0.3) is 0 Å². The topological polar surface area (TPSA) is 21.3 Å². The minimum atomic E-state index is -0.757. The molecule has 112 valence electrons. The average molecular weight is 283 g/mol. The van der Waals surface area contributed by atoms with E-state index in [1.165, 1.54) is 0 Å². The second-order valence-corrected chi connectivity index (χ2v) is 5.75. The van der Waals surface area contributed by atoms with E-state index in [0.29, 0.717) is 17.7 Å². The molecule has 1 heterocycles. The molecule has 0 bridgehead atoms. The first-order valence-corrected chi connectivity index (χ1v) is 7.31. The zero-order valence-electron chi connectivity index (χ0n) is 12.4. The molecule has 2 nitrogen and oxygen atoms in total. The summed E-state index contributed by atoms with van der Waals surface area (Å²) in [5.74, 6) is -1.51. The Labute approximate surface area is 119 Å². The third-order valence-corrected chi connectivity index (χ3v) is 4.07. The highest BCUT2D eigenvalue weighted by Gasteiger charge is 2.40. The van der Waals surface area contributed by atoms with E-state index in [0.717, 1.165) is 25.8 Å².